The molecule has 1 aromatic rings. The maximum atomic E-state index is 4.30. The van der Waals surface area contributed by atoms with Gasteiger partial charge in [-0.25, -0.2) is 0 Å². The molecule has 118 valence electrons. The van der Waals surface area contributed by atoms with Crippen molar-refractivity contribution in [1.82, 2.24) is 20.4 Å². The van der Waals surface area contributed by atoms with Gasteiger partial charge in [-0.1, -0.05) is 20.8 Å². The van der Waals surface area contributed by atoms with Gasteiger partial charge in [0, 0.05) is 35.8 Å². The van der Waals surface area contributed by atoms with E-state index in [1.54, 1.807) is 0 Å². The number of nitrogens with one attached hydrogen (secondary N) is 2. The first-order valence-corrected chi connectivity index (χ1v) is 8.37. The van der Waals surface area contributed by atoms with Crippen molar-refractivity contribution in [3.63, 3.8) is 0 Å². The summed E-state index contributed by atoms with van der Waals surface area (Å²) in [6, 6.07) is 0.686. The predicted octanol–water partition coefficient (Wildman–Crippen LogP) is 2.67. The molecule has 3 heterocycles. The molecule has 2 fully saturated rings. The van der Waals surface area contributed by atoms with Crippen LogP contribution in [0, 0.1) is 5.41 Å². The van der Waals surface area contributed by atoms with Crippen LogP contribution in [0.15, 0.2) is 6.20 Å². The zero-order chi connectivity index (χ0) is 15.1. The van der Waals surface area contributed by atoms with Crippen molar-refractivity contribution >= 4 is 0 Å². The van der Waals surface area contributed by atoms with Gasteiger partial charge in [0.1, 0.15) is 0 Å². The third-order valence-electron chi connectivity index (χ3n) is 5.40. The van der Waals surface area contributed by atoms with Gasteiger partial charge in [0.25, 0.3) is 0 Å². The molecule has 1 atom stereocenters. The number of hydrogen-bond donors (Lipinski definition) is 2. The van der Waals surface area contributed by atoms with Crippen molar-refractivity contribution in [3.05, 3.63) is 17.5 Å². The zero-order valence-electron chi connectivity index (χ0n) is 14.0. The third kappa shape index (κ3) is 3.02. The lowest BCUT2D eigenvalue weighted by Gasteiger charge is -2.34. The van der Waals surface area contributed by atoms with Gasteiger partial charge in [-0.05, 0) is 44.7 Å². The van der Waals surface area contributed by atoms with Crippen LogP contribution >= 0.6 is 0 Å². The number of H-pyrrole nitrogens is 1. The summed E-state index contributed by atoms with van der Waals surface area (Å²) in [5.41, 5.74) is 3.37. The van der Waals surface area contributed by atoms with Gasteiger partial charge >= 0.3 is 0 Å². The van der Waals surface area contributed by atoms with Crippen LogP contribution in [-0.2, 0) is 12.0 Å². The van der Waals surface area contributed by atoms with Crippen LogP contribution < -0.4 is 5.32 Å². The molecular weight excluding hydrogens is 260 g/mol. The Morgan fingerprint density at radius 1 is 1.33 bits per heavy atom. The number of piperidine rings is 1. The van der Waals surface area contributed by atoms with E-state index in [-0.39, 0.29) is 5.41 Å². The first-order chi connectivity index (χ1) is 9.90. The molecule has 2 N–H and O–H groups in total. The molecule has 1 aromatic heterocycles. The van der Waals surface area contributed by atoms with Gasteiger partial charge in [0.2, 0.25) is 0 Å². The Morgan fingerprint density at radius 2 is 2.05 bits per heavy atom. The number of likely N-dealkylation sites (tertiary alicyclic amines) is 1. The van der Waals surface area contributed by atoms with Crippen LogP contribution in [0.1, 0.15) is 58.2 Å². The van der Waals surface area contributed by atoms with Crippen molar-refractivity contribution in [2.75, 3.05) is 19.6 Å². The zero-order valence-corrected chi connectivity index (χ0v) is 14.0. The minimum atomic E-state index is 0.140. The molecule has 0 aliphatic carbocycles. The van der Waals surface area contributed by atoms with Crippen molar-refractivity contribution in [2.24, 2.45) is 5.41 Å². The van der Waals surface area contributed by atoms with Crippen molar-refractivity contribution in [3.8, 4) is 0 Å². The highest BCUT2D eigenvalue weighted by Gasteiger charge is 2.42. The van der Waals surface area contributed by atoms with E-state index >= 15 is 0 Å². The summed E-state index contributed by atoms with van der Waals surface area (Å²) in [7, 11) is 0. The fourth-order valence-corrected chi connectivity index (χ4v) is 4.24. The van der Waals surface area contributed by atoms with Crippen LogP contribution in [-0.4, -0.2) is 40.8 Å². The molecule has 2 saturated heterocycles. The maximum absolute atomic E-state index is 4.30. The van der Waals surface area contributed by atoms with Crippen LogP contribution in [0.3, 0.4) is 0 Å². The normalized spacial score (nSPS) is 26.6. The molecular formula is C17H30N4. The summed E-state index contributed by atoms with van der Waals surface area (Å²) in [5.74, 6) is 0. The second kappa shape index (κ2) is 5.40. The maximum Gasteiger partial charge on any atom is 0.0535 e. The Balaban J connectivity index is 1.72. The lowest BCUT2D eigenvalue weighted by atomic mass is 9.77. The van der Waals surface area contributed by atoms with Crippen LogP contribution in [0.2, 0.25) is 0 Å². The standard InChI is InChI=1S/C17H30N4/c1-13-9-17(5-7-18-8-6-17)12-21(13)11-14-10-19-20-15(14)16(2,3)4/h10,13,18H,5-9,11-12H2,1-4H3,(H,19,20). The minimum absolute atomic E-state index is 0.140. The quantitative estimate of drug-likeness (QED) is 0.880. The minimum Gasteiger partial charge on any atom is -0.317 e. The molecule has 0 amide bonds. The molecule has 0 saturated carbocycles. The van der Waals surface area contributed by atoms with E-state index in [9.17, 15) is 0 Å². The molecule has 2 aliphatic rings. The summed E-state index contributed by atoms with van der Waals surface area (Å²) in [6.45, 7) is 13.8. The van der Waals surface area contributed by atoms with E-state index in [0.29, 0.717) is 11.5 Å². The van der Waals surface area contributed by atoms with E-state index < -0.39 is 0 Å². The number of nitrogens with zero attached hydrogens (tertiary/aromatic N) is 2. The van der Waals surface area contributed by atoms with E-state index in [4.69, 9.17) is 0 Å². The predicted molar refractivity (Wildman–Crippen MR) is 86.3 cm³/mol. The van der Waals surface area contributed by atoms with Gasteiger partial charge in [0.05, 0.1) is 6.20 Å². The van der Waals surface area contributed by atoms with Gasteiger partial charge in [-0.15, -0.1) is 0 Å². The molecule has 1 unspecified atom stereocenters. The second-order valence-electron chi connectivity index (χ2n) is 8.23. The van der Waals surface area contributed by atoms with E-state index in [2.05, 4.69) is 48.1 Å². The van der Waals surface area contributed by atoms with Crippen molar-refractivity contribution in [1.29, 1.82) is 0 Å². The van der Waals surface area contributed by atoms with Crippen molar-refractivity contribution in [2.45, 2.75) is 65.0 Å². The number of hydrogen-bond acceptors (Lipinski definition) is 3. The van der Waals surface area contributed by atoms with Gasteiger partial charge < -0.3 is 5.32 Å². The second-order valence-corrected chi connectivity index (χ2v) is 8.23. The first kappa shape index (κ1) is 15.0. The number of aromatic nitrogens is 2. The lowest BCUT2D eigenvalue weighted by molar-refractivity contribution is 0.189. The first-order valence-electron chi connectivity index (χ1n) is 8.37. The smallest absolute Gasteiger partial charge is 0.0535 e. The van der Waals surface area contributed by atoms with E-state index in [1.165, 1.54) is 50.2 Å². The van der Waals surface area contributed by atoms with Gasteiger partial charge in [-0.3, -0.25) is 10.00 Å². The third-order valence-corrected chi connectivity index (χ3v) is 5.40. The van der Waals surface area contributed by atoms with Crippen molar-refractivity contribution < 1.29 is 0 Å². The highest BCUT2D eigenvalue weighted by atomic mass is 15.2. The van der Waals surface area contributed by atoms with Gasteiger partial charge in [0.15, 0.2) is 0 Å². The lowest BCUT2D eigenvalue weighted by Crippen LogP contribution is -2.38. The summed E-state index contributed by atoms with van der Waals surface area (Å²) in [6.07, 6.45) is 6.06. The van der Waals surface area contributed by atoms with Crippen LogP contribution in [0.4, 0.5) is 0 Å². The Morgan fingerprint density at radius 3 is 2.71 bits per heavy atom. The monoisotopic (exact) mass is 290 g/mol. The van der Waals surface area contributed by atoms with Crippen LogP contribution in [0.25, 0.3) is 0 Å². The Labute approximate surface area is 128 Å². The number of rotatable bonds is 2. The van der Waals surface area contributed by atoms with E-state index in [0.717, 1.165) is 6.54 Å². The summed E-state index contributed by atoms with van der Waals surface area (Å²) in [5, 5.41) is 11.0. The molecule has 4 nitrogen and oxygen atoms in total. The van der Waals surface area contributed by atoms with E-state index in [1.807, 2.05) is 6.20 Å². The average Bonchev–Trinajstić information content (AvgIpc) is 2.97. The summed E-state index contributed by atoms with van der Waals surface area (Å²) < 4.78 is 0. The topological polar surface area (TPSA) is 44.0 Å². The Hall–Kier alpha value is -0.870. The molecule has 4 heteroatoms. The average molecular weight is 290 g/mol. The SMILES string of the molecule is CC1CC2(CCNCC2)CN1Cc1cn[nH]c1C(C)(C)C. The molecule has 2 aliphatic heterocycles. The number of aromatic amines is 1. The summed E-state index contributed by atoms with van der Waals surface area (Å²) >= 11 is 0. The highest BCUT2D eigenvalue weighted by molar-refractivity contribution is 5.23. The molecule has 0 bridgehead atoms. The molecule has 1 spiro atoms. The fraction of sp³-hybridized carbons (Fsp3) is 0.824. The Bertz CT molecular complexity index is 479. The van der Waals surface area contributed by atoms with Crippen LogP contribution in [0.5, 0.6) is 0 Å². The summed E-state index contributed by atoms with van der Waals surface area (Å²) in [4.78, 5) is 2.67. The highest BCUT2D eigenvalue weighted by Crippen LogP contribution is 2.42. The largest absolute Gasteiger partial charge is 0.317 e. The molecule has 3 rings (SSSR count). The fourth-order valence-electron chi connectivity index (χ4n) is 4.24. The molecule has 0 radical (unpaired) electrons. The molecule has 0 aromatic carbocycles. The van der Waals surface area contributed by atoms with Gasteiger partial charge in [-0.2, -0.15) is 5.10 Å². The molecule has 21 heavy (non-hydrogen) atoms. The Kier molecular flexibility index (Phi) is 3.87.